The Kier molecular flexibility index (Phi) is 5.94. The summed E-state index contributed by atoms with van der Waals surface area (Å²) >= 11 is 5.85. The lowest BCUT2D eigenvalue weighted by Crippen LogP contribution is -2.18. The van der Waals surface area contributed by atoms with Gasteiger partial charge in [0.25, 0.3) is 0 Å². The van der Waals surface area contributed by atoms with E-state index in [9.17, 15) is 23.9 Å². The summed E-state index contributed by atoms with van der Waals surface area (Å²) in [6.07, 6.45) is 1.23. The number of Topliss-reactive ketones (excluding diaryl/α,β-unsaturated/α-hetero) is 1. The number of hydrogen-bond acceptors (Lipinski definition) is 3. The van der Waals surface area contributed by atoms with Gasteiger partial charge in [0.2, 0.25) is 5.56 Å². The smallest absolute Gasteiger partial charge is 0.335 e. The van der Waals surface area contributed by atoms with Gasteiger partial charge in [-0.05, 0) is 35.4 Å². The number of carbonyl (C=O) groups excluding carboxylic acids is 1. The standard InChI is InChI=1S/C22H17ClFNO4/c1-25-12-13(6-9-21(25)27)20(26)11-18(16-8-7-14(23)10-19(16)24)15-4-2-3-5-17(15)22(28)29/h2-10,12,18H,11H2,1H3,(H,28,29). The Bertz CT molecular complexity index is 1160. The van der Waals surface area contributed by atoms with Crippen LogP contribution in [0.2, 0.25) is 5.02 Å². The predicted octanol–water partition coefficient (Wildman–Crippen LogP) is 4.28. The summed E-state index contributed by atoms with van der Waals surface area (Å²) in [4.78, 5) is 36.2. The van der Waals surface area contributed by atoms with E-state index >= 15 is 0 Å². The molecule has 29 heavy (non-hydrogen) atoms. The number of carboxylic acid groups (broad SMARTS) is 1. The lowest BCUT2D eigenvalue weighted by molar-refractivity contribution is 0.0694. The molecule has 1 atom stereocenters. The maximum absolute atomic E-state index is 14.7. The molecule has 7 heteroatoms. The number of aryl methyl sites for hydroxylation is 1. The van der Waals surface area contributed by atoms with E-state index in [1.54, 1.807) is 18.2 Å². The number of pyridine rings is 1. The second-order valence-electron chi connectivity index (χ2n) is 6.61. The largest absolute Gasteiger partial charge is 0.478 e. The quantitative estimate of drug-likeness (QED) is 0.612. The summed E-state index contributed by atoms with van der Waals surface area (Å²) in [5.41, 5.74) is 0.484. The van der Waals surface area contributed by atoms with Crippen LogP contribution in [0.3, 0.4) is 0 Å². The van der Waals surface area contributed by atoms with Gasteiger partial charge in [-0.3, -0.25) is 9.59 Å². The minimum Gasteiger partial charge on any atom is -0.478 e. The predicted molar refractivity (Wildman–Crippen MR) is 107 cm³/mol. The molecule has 0 aliphatic carbocycles. The zero-order chi connectivity index (χ0) is 21.1. The number of hydrogen-bond donors (Lipinski definition) is 1. The molecule has 0 saturated heterocycles. The zero-order valence-electron chi connectivity index (χ0n) is 15.4. The normalized spacial score (nSPS) is 11.8. The number of rotatable bonds is 6. The molecule has 0 radical (unpaired) electrons. The highest BCUT2D eigenvalue weighted by molar-refractivity contribution is 6.30. The molecule has 0 aliphatic heterocycles. The van der Waals surface area contributed by atoms with Gasteiger partial charge < -0.3 is 9.67 Å². The van der Waals surface area contributed by atoms with Gasteiger partial charge in [0.05, 0.1) is 5.56 Å². The van der Waals surface area contributed by atoms with Crippen LogP contribution in [0.25, 0.3) is 0 Å². The van der Waals surface area contributed by atoms with Crippen molar-refractivity contribution < 1.29 is 19.1 Å². The average Bonchev–Trinajstić information content (AvgIpc) is 2.68. The highest BCUT2D eigenvalue weighted by Crippen LogP contribution is 2.34. The fourth-order valence-corrected chi connectivity index (χ4v) is 3.39. The van der Waals surface area contributed by atoms with Gasteiger partial charge in [-0.1, -0.05) is 35.9 Å². The van der Waals surface area contributed by atoms with Gasteiger partial charge in [-0.15, -0.1) is 0 Å². The van der Waals surface area contributed by atoms with Crippen molar-refractivity contribution >= 4 is 23.4 Å². The first kappa shape index (κ1) is 20.5. The van der Waals surface area contributed by atoms with E-state index in [4.69, 9.17) is 11.6 Å². The number of benzene rings is 2. The van der Waals surface area contributed by atoms with Crippen LogP contribution in [0.5, 0.6) is 0 Å². The van der Waals surface area contributed by atoms with Crippen molar-refractivity contribution in [2.24, 2.45) is 7.05 Å². The number of carboxylic acids is 1. The van der Waals surface area contributed by atoms with Gasteiger partial charge >= 0.3 is 5.97 Å². The number of aromatic carboxylic acids is 1. The van der Waals surface area contributed by atoms with E-state index in [-0.39, 0.29) is 39.5 Å². The molecule has 3 aromatic rings. The van der Waals surface area contributed by atoms with Crippen molar-refractivity contribution in [3.63, 3.8) is 0 Å². The summed E-state index contributed by atoms with van der Waals surface area (Å²) in [7, 11) is 1.52. The fourth-order valence-electron chi connectivity index (χ4n) is 3.23. The first-order valence-corrected chi connectivity index (χ1v) is 9.12. The minimum atomic E-state index is -1.17. The minimum absolute atomic E-state index is 0.0138. The van der Waals surface area contributed by atoms with Gasteiger partial charge in [-0.2, -0.15) is 0 Å². The highest BCUT2D eigenvalue weighted by atomic mass is 35.5. The van der Waals surface area contributed by atoms with Crippen LogP contribution < -0.4 is 5.56 Å². The van der Waals surface area contributed by atoms with Crippen molar-refractivity contribution in [3.8, 4) is 0 Å². The van der Waals surface area contributed by atoms with Gasteiger partial charge in [0, 0.05) is 42.2 Å². The molecule has 0 fully saturated rings. The molecule has 5 nitrogen and oxygen atoms in total. The zero-order valence-corrected chi connectivity index (χ0v) is 16.2. The van der Waals surface area contributed by atoms with E-state index in [2.05, 4.69) is 0 Å². The molecule has 0 spiro atoms. The van der Waals surface area contributed by atoms with Crippen LogP contribution in [-0.4, -0.2) is 21.4 Å². The molecule has 1 aromatic heterocycles. The topological polar surface area (TPSA) is 76.4 Å². The van der Waals surface area contributed by atoms with Gasteiger partial charge in [0.15, 0.2) is 5.78 Å². The van der Waals surface area contributed by atoms with Crippen molar-refractivity contribution in [2.75, 3.05) is 0 Å². The van der Waals surface area contributed by atoms with Crippen LogP contribution in [0.4, 0.5) is 4.39 Å². The van der Waals surface area contributed by atoms with E-state index < -0.39 is 17.7 Å². The van der Waals surface area contributed by atoms with Crippen molar-refractivity contribution in [1.29, 1.82) is 0 Å². The third-order valence-corrected chi connectivity index (χ3v) is 4.94. The molecule has 1 N–H and O–H groups in total. The Hall–Kier alpha value is -3.25. The summed E-state index contributed by atoms with van der Waals surface area (Å²) in [5, 5.41) is 9.75. The molecule has 0 bridgehead atoms. The van der Waals surface area contributed by atoms with E-state index in [0.29, 0.717) is 5.56 Å². The molecule has 0 aliphatic rings. The van der Waals surface area contributed by atoms with E-state index in [1.165, 1.54) is 48.1 Å². The van der Waals surface area contributed by atoms with Crippen LogP contribution >= 0.6 is 11.6 Å². The van der Waals surface area contributed by atoms with Crippen LogP contribution in [-0.2, 0) is 7.05 Å². The van der Waals surface area contributed by atoms with Crippen molar-refractivity contribution in [3.05, 3.63) is 104 Å². The first-order valence-electron chi connectivity index (χ1n) is 8.75. The van der Waals surface area contributed by atoms with Crippen LogP contribution in [0, 0.1) is 5.82 Å². The summed E-state index contributed by atoms with van der Waals surface area (Å²) in [5.74, 6) is -2.99. The third kappa shape index (κ3) is 4.43. The highest BCUT2D eigenvalue weighted by Gasteiger charge is 2.26. The summed E-state index contributed by atoms with van der Waals surface area (Å²) in [6, 6.07) is 12.9. The molecular weight excluding hydrogens is 397 g/mol. The lowest BCUT2D eigenvalue weighted by Gasteiger charge is -2.20. The Morgan fingerprint density at radius 3 is 2.48 bits per heavy atom. The molecular formula is C22H17ClFNO4. The van der Waals surface area contributed by atoms with Crippen LogP contribution in [0.1, 0.15) is 44.2 Å². The number of nitrogens with zero attached hydrogens (tertiary/aromatic N) is 1. The number of halogens is 2. The van der Waals surface area contributed by atoms with Gasteiger partial charge in [-0.25, -0.2) is 9.18 Å². The Labute approximate surface area is 171 Å². The van der Waals surface area contributed by atoms with E-state index in [1.807, 2.05) is 0 Å². The average molecular weight is 414 g/mol. The monoisotopic (exact) mass is 413 g/mol. The molecule has 1 unspecified atom stereocenters. The summed E-state index contributed by atoms with van der Waals surface area (Å²) < 4.78 is 16.0. The van der Waals surface area contributed by atoms with Crippen molar-refractivity contribution in [1.82, 2.24) is 4.57 Å². The SMILES string of the molecule is Cn1cc(C(=O)CC(c2ccc(Cl)cc2F)c2ccccc2C(=O)O)ccc1=O. The molecule has 148 valence electrons. The second kappa shape index (κ2) is 8.41. The fraction of sp³-hybridized carbons (Fsp3) is 0.136. The number of carbonyl (C=O) groups is 2. The first-order chi connectivity index (χ1) is 13.8. The lowest BCUT2D eigenvalue weighted by atomic mass is 9.83. The second-order valence-corrected chi connectivity index (χ2v) is 7.04. The number of aromatic nitrogens is 1. The molecule has 0 saturated carbocycles. The maximum atomic E-state index is 14.7. The van der Waals surface area contributed by atoms with Gasteiger partial charge in [0.1, 0.15) is 5.82 Å². The molecule has 2 aromatic carbocycles. The Morgan fingerprint density at radius 1 is 1.10 bits per heavy atom. The molecule has 0 amide bonds. The van der Waals surface area contributed by atoms with Crippen molar-refractivity contribution in [2.45, 2.75) is 12.3 Å². The summed E-state index contributed by atoms with van der Waals surface area (Å²) in [6.45, 7) is 0. The Balaban J connectivity index is 2.10. The maximum Gasteiger partial charge on any atom is 0.335 e. The van der Waals surface area contributed by atoms with E-state index in [0.717, 1.165) is 6.07 Å². The van der Waals surface area contributed by atoms with Crippen LogP contribution in [0.15, 0.2) is 65.6 Å². The molecule has 3 rings (SSSR count). The Morgan fingerprint density at radius 2 is 1.83 bits per heavy atom. The third-order valence-electron chi connectivity index (χ3n) is 4.70. The number of ketones is 1. The molecule has 1 heterocycles.